The Kier molecular flexibility index (Phi) is 3.58. The fourth-order valence-electron chi connectivity index (χ4n) is 1.08. The van der Waals surface area contributed by atoms with Crippen LogP contribution < -0.4 is 0 Å². The molecule has 4 heteroatoms. The van der Waals surface area contributed by atoms with Gasteiger partial charge in [0.25, 0.3) is 5.69 Å². The first-order valence-electron chi connectivity index (χ1n) is 4.32. The molecule has 0 spiro atoms. The van der Waals surface area contributed by atoms with Crippen LogP contribution in [-0.2, 0) is 4.79 Å². The third kappa shape index (κ3) is 2.92. The summed E-state index contributed by atoms with van der Waals surface area (Å²) in [5.41, 5.74) is 1.20. The molecule has 15 heavy (non-hydrogen) atoms. The molecule has 76 valence electrons. The first-order chi connectivity index (χ1) is 7.15. The molecule has 1 aromatic carbocycles. The zero-order valence-electron chi connectivity index (χ0n) is 8.19. The van der Waals surface area contributed by atoms with Gasteiger partial charge in [-0.3, -0.25) is 10.1 Å². The largest absolute Gasteiger partial charge is 0.302 e. The molecular formula is C11H9NO3. The zero-order chi connectivity index (χ0) is 11.3. The number of hydrogen-bond donors (Lipinski definition) is 0. The van der Waals surface area contributed by atoms with E-state index in [1.165, 1.54) is 6.07 Å². The Hall–Kier alpha value is -2.15. The number of rotatable bonds is 2. The zero-order valence-corrected chi connectivity index (χ0v) is 8.19. The second-order valence-electron chi connectivity index (χ2n) is 2.93. The number of nitro groups is 1. The topological polar surface area (TPSA) is 60.2 Å². The molecule has 0 saturated heterocycles. The van der Waals surface area contributed by atoms with Crippen molar-refractivity contribution in [1.29, 1.82) is 0 Å². The second kappa shape index (κ2) is 4.91. The van der Waals surface area contributed by atoms with Crippen LogP contribution in [0.4, 0.5) is 5.69 Å². The average Bonchev–Trinajstić information content (AvgIpc) is 2.20. The highest BCUT2D eigenvalue weighted by Crippen LogP contribution is 2.18. The number of aryl methyl sites for hydroxylation is 1. The van der Waals surface area contributed by atoms with Gasteiger partial charge in [-0.25, -0.2) is 0 Å². The average molecular weight is 203 g/mol. The smallest absolute Gasteiger partial charge is 0.273 e. The highest BCUT2D eigenvalue weighted by atomic mass is 16.6. The van der Waals surface area contributed by atoms with E-state index in [0.717, 1.165) is 0 Å². The summed E-state index contributed by atoms with van der Waals surface area (Å²) in [7, 11) is 0. The van der Waals surface area contributed by atoms with Crippen LogP contribution in [0.5, 0.6) is 0 Å². The SMILES string of the molecule is Cc1ccc(C#CCC=O)cc1[N+](=O)[O-]. The first-order valence-corrected chi connectivity index (χ1v) is 4.32. The van der Waals surface area contributed by atoms with Gasteiger partial charge in [0.2, 0.25) is 0 Å². The van der Waals surface area contributed by atoms with E-state index >= 15 is 0 Å². The van der Waals surface area contributed by atoms with Crippen molar-refractivity contribution in [3.05, 3.63) is 39.4 Å². The lowest BCUT2D eigenvalue weighted by molar-refractivity contribution is -0.385. The maximum absolute atomic E-state index is 10.6. The van der Waals surface area contributed by atoms with Crippen molar-refractivity contribution < 1.29 is 9.72 Å². The van der Waals surface area contributed by atoms with Gasteiger partial charge in [0.1, 0.15) is 6.29 Å². The molecule has 0 saturated carbocycles. The summed E-state index contributed by atoms with van der Waals surface area (Å²) >= 11 is 0. The third-order valence-electron chi connectivity index (χ3n) is 1.82. The van der Waals surface area contributed by atoms with Crippen LogP contribution in [0.3, 0.4) is 0 Å². The van der Waals surface area contributed by atoms with Crippen LogP contribution >= 0.6 is 0 Å². The summed E-state index contributed by atoms with van der Waals surface area (Å²) in [5, 5.41) is 10.6. The van der Waals surface area contributed by atoms with Gasteiger partial charge in [0, 0.05) is 17.2 Å². The van der Waals surface area contributed by atoms with Gasteiger partial charge >= 0.3 is 0 Å². The number of nitro benzene ring substituents is 1. The van der Waals surface area contributed by atoms with Gasteiger partial charge in [0.05, 0.1) is 11.3 Å². The molecule has 0 unspecified atom stereocenters. The van der Waals surface area contributed by atoms with E-state index in [9.17, 15) is 14.9 Å². The van der Waals surface area contributed by atoms with Crippen molar-refractivity contribution in [2.24, 2.45) is 0 Å². The van der Waals surface area contributed by atoms with Gasteiger partial charge < -0.3 is 4.79 Å². The molecule has 1 aromatic rings. The molecular weight excluding hydrogens is 194 g/mol. The number of carbonyl (C=O) groups is 1. The molecule has 0 radical (unpaired) electrons. The minimum absolute atomic E-state index is 0.0490. The predicted octanol–water partition coefficient (Wildman–Crippen LogP) is 1.84. The summed E-state index contributed by atoms with van der Waals surface area (Å²) in [6, 6.07) is 4.75. The van der Waals surface area contributed by atoms with E-state index in [0.29, 0.717) is 17.4 Å². The van der Waals surface area contributed by atoms with Crippen molar-refractivity contribution in [3.8, 4) is 11.8 Å². The van der Waals surface area contributed by atoms with Crippen molar-refractivity contribution >= 4 is 12.0 Å². The van der Waals surface area contributed by atoms with E-state index in [1.54, 1.807) is 19.1 Å². The highest BCUT2D eigenvalue weighted by molar-refractivity contribution is 5.55. The van der Waals surface area contributed by atoms with E-state index in [-0.39, 0.29) is 12.1 Å². The summed E-state index contributed by atoms with van der Waals surface area (Å²) in [6.07, 6.45) is 0.831. The highest BCUT2D eigenvalue weighted by Gasteiger charge is 2.09. The molecule has 0 aromatic heterocycles. The number of carbonyl (C=O) groups excluding carboxylic acids is 1. The molecule has 0 atom stereocenters. The standard InChI is InChI=1S/C11H9NO3/c1-9-5-6-10(4-2-3-7-13)8-11(9)12(14)15/h5-8H,3H2,1H3. The summed E-state index contributed by atoms with van der Waals surface area (Å²) in [6.45, 7) is 1.67. The molecule has 0 N–H and O–H groups in total. The van der Waals surface area contributed by atoms with Crippen LogP contribution in [0.2, 0.25) is 0 Å². The van der Waals surface area contributed by atoms with E-state index in [1.807, 2.05) is 0 Å². The Bertz CT molecular complexity index is 455. The van der Waals surface area contributed by atoms with Crippen LogP contribution in [0, 0.1) is 28.9 Å². The number of nitrogens with zero attached hydrogens (tertiary/aromatic N) is 1. The summed E-state index contributed by atoms with van der Waals surface area (Å²) < 4.78 is 0. The molecule has 1 rings (SSSR count). The summed E-state index contributed by atoms with van der Waals surface area (Å²) in [4.78, 5) is 20.2. The van der Waals surface area contributed by atoms with Gasteiger partial charge in [-0.1, -0.05) is 17.9 Å². The predicted molar refractivity (Wildman–Crippen MR) is 55.4 cm³/mol. The van der Waals surface area contributed by atoms with Crippen LogP contribution in [-0.4, -0.2) is 11.2 Å². The number of hydrogen-bond acceptors (Lipinski definition) is 3. The Labute approximate surface area is 87.1 Å². The number of aldehydes is 1. The van der Waals surface area contributed by atoms with Crippen LogP contribution in [0.1, 0.15) is 17.5 Å². The fraction of sp³-hybridized carbons (Fsp3) is 0.182. The van der Waals surface area contributed by atoms with Crippen LogP contribution in [0.15, 0.2) is 18.2 Å². The maximum Gasteiger partial charge on any atom is 0.273 e. The molecule has 0 heterocycles. The minimum atomic E-state index is -0.444. The Morgan fingerprint density at radius 2 is 2.27 bits per heavy atom. The van der Waals surface area contributed by atoms with E-state index in [2.05, 4.69) is 11.8 Å². The van der Waals surface area contributed by atoms with Gasteiger partial charge in [-0.15, -0.1) is 0 Å². The van der Waals surface area contributed by atoms with Crippen molar-refractivity contribution in [2.75, 3.05) is 0 Å². The molecule has 0 aliphatic carbocycles. The molecule has 0 fully saturated rings. The monoisotopic (exact) mass is 203 g/mol. The molecule has 0 bridgehead atoms. The van der Waals surface area contributed by atoms with Gasteiger partial charge in [-0.05, 0) is 13.0 Å². The first kappa shape index (κ1) is 10.9. The van der Waals surface area contributed by atoms with Crippen molar-refractivity contribution in [3.63, 3.8) is 0 Å². The van der Waals surface area contributed by atoms with E-state index < -0.39 is 4.92 Å². The lowest BCUT2D eigenvalue weighted by Gasteiger charge is -1.96. The normalized spacial score (nSPS) is 8.87. The lowest BCUT2D eigenvalue weighted by atomic mass is 10.1. The molecule has 0 amide bonds. The fourth-order valence-corrected chi connectivity index (χ4v) is 1.08. The Morgan fingerprint density at radius 3 is 2.87 bits per heavy atom. The van der Waals surface area contributed by atoms with Gasteiger partial charge in [-0.2, -0.15) is 0 Å². The molecule has 4 nitrogen and oxygen atoms in total. The Balaban J connectivity index is 3.04. The molecule has 0 aliphatic rings. The quantitative estimate of drug-likeness (QED) is 0.319. The maximum atomic E-state index is 10.6. The van der Waals surface area contributed by atoms with Crippen molar-refractivity contribution in [2.45, 2.75) is 13.3 Å². The molecule has 0 aliphatic heterocycles. The Morgan fingerprint density at radius 1 is 1.53 bits per heavy atom. The third-order valence-corrected chi connectivity index (χ3v) is 1.82. The van der Waals surface area contributed by atoms with E-state index in [4.69, 9.17) is 0 Å². The van der Waals surface area contributed by atoms with Crippen LogP contribution in [0.25, 0.3) is 0 Å². The number of benzene rings is 1. The summed E-state index contributed by atoms with van der Waals surface area (Å²) in [5.74, 6) is 5.28. The second-order valence-corrected chi connectivity index (χ2v) is 2.93. The lowest BCUT2D eigenvalue weighted by Crippen LogP contribution is -1.92. The van der Waals surface area contributed by atoms with Crippen molar-refractivity contribution in [1.82, 2.24) is 0 Å². The minimum Gasteiger partial charge on any atom is -0.302 e. The van der Waals surface area contributed by atoms with Gasteiger partial charge in [0.15, 0.2) is 0 Å².